The molecular weight excluding hydrogens is 242 g/mol. The van der Waals surface area contributed by atoms with Crippen LogP contribution in [0.3, 0.4) is 0 Å². The third kappa shape index (κ3) is 4.47. The van der Waals surface area contributed by atoms with Gasteiger partial charge in [0.15, 0.2) is 9.84 Å². The molecule has 1 saturated heterocycles. The maximum atomic E-state index is 11.8. The lowest BCUT2D eigenvalue weighted by molar-refractivity contribution is -0.140. The van der Waals surface area contributed by atoms with E-state index in [1.54, 1.807) is 4.90 Å². The maximum absolute atomic E-state index is 11.8. The van der Waals surface area contributed by atoms with Gasteiger partial charge in [0, 0.05) is 13.1 Å². The van der Waals surface area contributed by atoms with Crippen LogP contribution in [0, 0.1) is 0 Å². The van der Waals surface area contributed by atoms with Crippen LogP contribution in [0.15, 0.2) is 12.7 Å². The van der Waals surface area contributed by atoms with E-state index >= 15 is 0 Å². The van der Waals surface area contributed by atoms with Gasteiger partial charge in [-0.1, -0.05) is 6.08 Å². The van der Waals surface area contributed by atoms with Crippen molar-refractivity contribution in [3.05, 3.63) is 12.7 Å². The molecule has 0 saturated carbocycles. The van der Waals surface area contributed by atoms with Crippen molar-refractivity contribution in [2.45, 2.75) is 26.1 Å². The molecule has 0 bridgehead atoms. The van der Waals surface area contributed by atoms with Gasteiger partial charge in [-0.05, 0) is 13.8 Å². The van der Waals surface area contributed by atoms with E-state index in [-0.39, 0.29) is 23.9 Å². The molecule has 0 aromatic rings. The Morgan fingerprint density at radius 2 is 1.94 bits per heavy atom. The summed E-state index contributed by atoms with van der Waals surface area (Å²) in [5, 5.41) is 0. The van der Waals surface area contributed by atoms with Gasteiger partial charge < -0.3 is 9.64 Å². The lowest BCUT2D eigenvalue weighted by atomic mass is 10.2. The Bertz CT molecular complexity index is 380. The van der Waals surface area contributed by atoms with Crippen LogP contribution in [-0.2, 0) is 19.4 Å². The predicted molar refractivity (Wildman–Crippen MR) is 65.4 cm³/mol. The molecule has 1 rings (SSSR count). The minimum atomic E-state index is -3.37. The summed E-state index contributed by atoms with van der Waals surface area (Å²) in [6, 6.07) is 0. The van der Waals surface area contributed by atoms with E-state index in [0.29, 0.717) is 13.1 Å². The summed E-state index contributed by atoms with van der Waals surface area (Å²) in [7, 11) is -3.37. The molecule has 5 nitrogen and oxygen atoms in total. The van der Waals surface area contributed by atoms with Crippen molar-refractivity contribution in [3.8, 4) is 0 Å². The highest BCUT2D eigenvalue weighted by molar-refractivity contribution is 7.92. The average Bonchev–Trinajstić information content (AvgIpc) is 2.14. The molecule has 0 aromatic heterocycles. The largest absolute Gasteiger partial charge is 0.372 e. The fourth-order valence-corrected chi connectivity index (χ4v) is 2.94. The Labute approximate surface area is 102 Å². The first-order chi connectivity index (χ1) is 7.84. The SMILES string of the molecule is C=CCS(=O)(=O)CC(=O)N1CC(C)OC(C)C1. The third-order valence-electron chi connectivity index (χ3n) is 2.49. The number of morpholine rings is 1. The molecule has 0 aliphatic carbocycles. The molecule has 2 unspecified atom stereocenters. The van der Waals surface area contributed by atoms with Crippen molar-refractivity contribution in [1.29, 1.82) is 0 Å². The third-order valence-corrected chi connectivity index (χ3v) is 3.92. The molecule has 1 aliphatic rings. The van der Waals surface area contributed by atoms with Crippen LogP contribution >= 0.6 is 0 Å². The summed E-state index contributed by atoms with van der Waals surface area (Å²) in [6.45, 7) is 8.01. The lowest BCUT2D eigenvalue weighted by Crippen LogP contribution is -2.49. The highest BCUT2D eigenvalue weighted by atomic mass is 32.2. The lowest BCUT2D eigenvalue weighted by Gasteiger charge is -2.35. The smallest absolute Gasteiger partial charge is 0.237 e. The number of ether oxygens (including phenoxy) is 1. The second-order valence-electron chi connectivity index (χ2n) is 4.40. The molecule has 2 atom stereocenters. The molecule has 0 spiro atoms. The molecule has 0 aromatic carbocycles. The Kier molecular flexibility index (Phi) is 4.70. The molecule has 1 heterocycles. The summed E-state index contributed by atoms with van der Waals surface area (Å²) >= 11 is 0. The van der Waals surface area contributed by atoms with E-state index in [0.717, 1.165) is 0 Å². The van der Waals surface area contributed by atoms with Gasteiger partial charge in [0.25, 0.3) is 0 Å². The second kappa shape index (κ2) is 5.64. The number of hydrogen-bond acceptors (Lipinski definition) is 4. The van der Waals surface area contributed by atoms with Crippen molar-refractivity contribution in [3.63, 3.8) is 0 Å². The van der Waals surface area contributed by atoms with Crippen LogP contribution in [0.1, 0.15) is 13.8 Å². The molecule has 1 fully saturated rings. The predicted octanol–water partition coefficient (Wildman–Crippen LogP) is 0.223. The average molecular weight is 261 g/mol. The van der Waals surface area contributed by atoms with Gasteiger partial charge in [0.2, 0.25) is 5.91 Å². The van der Waals surface area contributed by atoms with Crippen LogP contribution in [0.25, 0.3) is 0 Å². The second-order valence-corrected chi connectivity index (χ2v) is 6.51. The number of rotatable bonds is 4. The number of sulfone groups is 1. The zero-order valence-corrected chi connectivity index (χ0v) is 11.1. The molecule has 0 radical (unpaired) electrons. The maximum Gasteiger partial charge on any atom is 0.237 e. The number of amides is 1. The van der Waals surface area contributed by atoms with E-state index in [9.17, 15) is 13.2 Å². The van der Waals surface area contributed by atoms with E-state index in [1.165, 1.54) is 6.08 Å². The van der Waals surface area contributed by atoms with Gasteiger partial charge in [-0.3, -0.25) is 4.79 Å². The van der Waals surface area contributed by atoms with Gasteiger partial charge in [-0.2, -0.15) is 0 Å². The summed E-state index contributed by atoms with van der Waals surface area (Å²) in [5.74, 6) is -0.957. The van der Waals surface area contributed by atoms with Gasteiger partial charge in [-0.25, -0.2) is 8.42 Å². The minimum Gasteiger partial charge on any atom is -0.372 e. The van der Waals surface area contributed by atoms with Crippen LogP contribution in [0.2, 0.25) is 0 Å². The van der Waals surface area contributed by atoms with Crippen molar-refractivity contribution in [1.82, 2.24) is 4.90 Å². The van der Waals surface area contributed by atoms with Crippen LogP contribution in [-0.4, -0.2) is 56.0 Å². The van der Waals surface area contributed by atoms with Crippen molar-refractivity contribution >= 4 is 15.7 Å². The number of nitrogens with zero attached hydrogens (tertiary/aromatic N) is 1. The van der Waals surface area contributed by atoms with Crippen molar-refractivity contribution in [2.24, 2.45) is 0 Å². The fraction of sp³-hybridized carbons (Fsp3) is 0.727. The van der Waals surface area contributed by atoms with Crippen molar-refractivity contribution < 1.29 is 17.9 Å². The Balaban J connectivity index is 2.61. The van der Waals surface area contributed by atoms with Crippen LogP contribution in [0.5, 0.6) is 0 Å². The first kappa shape index (κ1) is 14.2. The number of hydrogen-bond donors (Lipinski definition) is 0. The molecular formula is C11H19NO4S. The first-order valence-corrected chi connectivity index (χ1v) is 7.40. The van der Waals surface area contributed by atoms with Gasteiger partial charge in [0.05, 0.1) is 18.0 Å². The summed E-state index contributed by atoms with van der Waals surface area (Å²) in [4.78, 5) is 13.4. The van der Waals surface area contributed by atoms with E-state index in [1.807, 2.05) is 13.8 Å². The van der Waals surface area contributed by atoms with E-state index < -0.39 is 15.6 Å². The summed E-state index contributed by atoms with van der Waals surface area (Å²) in [6.07, 6.45) is 1.20. The molecule has 0 N–H and O–H groups in total. The van der Waals surface area contributed by atoms with Crippen LogP contribution in [0.4, 0.5) is 0 Å². The summed E-state index contributed by atoms with van der Waals surface area (Å²) in [5.41, 5.74) is 0. The minimum absolute atomic E-state index is 0.0511. The Morgan fingerprint density at radius 1 is 1.41 bits per heavy atom. The van der Waals surface area contributed by atoms with Gasteiger partial charge in [0.1, 0.15) is 5.75 Å². The standard InChI is InChI=1S/C11H19NO4S/c1-4-5-17(14,15)8-11(13)12-6-9(2)16-10(3)7-12/h4,9-10H,1,5-8H2,2-3H3. The topological polar surface area (TPSA) is 63.7 Å². The van der Waals surface area contributed by atoms with Crippen molar-refractivity contribution in [2.75, 3.05) is 24.6 Å². The molecule has 17 heavy (non-hydrogen) atoms. The number of carbonyl (C=O) groups is 1. The highest BCUT2D eigenvalue weighted by Crippen LogP contribution is 2.11. The zero-order valence-electron chi connectivity index (χ0n) is 10.3. The first-order valence-electron chi connectivity index (χ1n) is 5.58. The van der Waals surface area contributed by atoms with E-state index in [4.69, 9.17) is 4.74 Å². The van der Waals surface area contributed by atoms with Gasteiger partial charge in [-0.15, -0.1) is 6.58 Å². The number of carbonyl (C=O) groups excluding carboxylic acids is 1. The van der Waals surface area contributed by atoms with Crippen LogP contribution < -0.4 is 0 Å². The summed E-state index contributed by atoms with van der Waals surface area (Å²) < 4.78 is 28.5. The Hall–Kier alpha value is -0.880. The monoisotopic (exact) mass is 261 g/mol. The van der Waals surface area contributed by atoms with E-state index in [2.05, 4.69) is 6.58 Å². The fourth-order valence-electron chi connectivity index (χ4n) is 1.90. The molecule has 6 heteroatoms. The quantitative estimate of drug-likeness (QED) is 0.679. The Morgan fingerprint density at radius 3 is 2.41 bits per heavy atom. The molecule has 98 valence electrons. The zero-order chi connectivity index (χ0) is 13.1. The van der Waals surface area contributed by atoms with Gasteiger partial charge >= 0.3 is 0 Å². The molecule has 1 amide bonds. The highest BCUT2D eigenvalue weighted by Gasteiger charge is 2.28. The molecule has 1 aliphatic heterocycles. The normalized spacial score (nSPS) is 25.6.